The van der Waals surface area contributed by atoms with Crippen molar-refractivity contribution in [3.63, 3.8) is 0 Å². The maximum absolute atomic E-state index is 12.0. The summed E-state index contributed by atoms with van der Waals surface area (Å²) in [5.74, 6) is 0.0541. The third-order valence-corrected chi connectivity index (χ3v) is 4.48. The van der Waals surface area contributed by atoms with Crippen LogP contribution in [0.2, 0.25) is 0 Å². The van der Waals surface area contributed by atoms with E-state index in [1.807, 2.05) is 13.8 Å². The van der Waals surface area contributed by atoms with Crippen LogP contribution < -0.4 is 5.73 Å². The predicted molar refractivity (Wildman–Crippen MR) is 63.0 cm³/mol. The van der Waals surface area contributed by atoms with Gasteiger partial charge < -0.3 is 10.8 Å². The molecule has 3 N–H and O–H groups in total. The summed E-state index contributed by atoms with van der Waals surface area (Å²) in [6, 6.07) is 5.53. The maximum Gasteiger partial charge on any atom is 0.178 e. The highest BCUT2D eigenvalue weighted by Gasteiger charge is 2.26. The first-order valence-corrected chi connectivity index (χ1v) is 6.64. The molecule has 0 spiro atoms. The van der Waals surface area contributed by atoms with Crippen LogP contribution in [0.25, 0.3) is 0 Å². The first kappa shape index (κ1) is 13.0. The van der Waals surface area contributed by atoms with Gasteiger partial charge in [0, 0.05) is 0 Å². The molecule has 1 aromatic rings. The lowest BCUT2D eigenvalue weighted by Gasteiger charge is -2.21. The smallest absolute Gasteiger partial charge is 0.178 e. The third kappa shape index (κ3) is 3.21. The summed E-state index contributed by atoms with van der Waals surface area (Å²) in [5.41, 5.74) is 5.06. The number of nitrogens with two attached hydrogens (primary N) is 1. The van der Waals surface area contributed by atoms with Crippen molar-refractivity contribution in [1.82, 2.24) is 0 Å². The molecule has 0 aliphatic carbocycles. The quantitative estimate of drug-likeness (QED) is 0.831. The SMILES string of the molecule is CC(C)(CN)CS(=O)(=O)c1ccc(O)cc1. The van der Waals surface area contributed by atoms with Crippen LogP contribution in [0.4, 0.5) is 0 Å². The standard InChI is InChI=1S/C11H17NO3S/c1-11(2,7-12)8-16(14,15)10-5-3-9(13)4-6-10/h3-6,13H,7-8,12H2,1-2H3. The van der Waals surface area contributed by atoms with Crippen molar-refractivity contribution in [2.75, 3.05) is 12.3 Å². The lowest BCUT2D eigenvalue weighted by molar-refractivity contribution is 0.425. The van der Waals surface area contributed by atoms with Gasteiger partial charge in [0.2, 0.25) is 0 Å². The lowest BCUT2D eigenvalue weighted by atomic mass is 9.97. The van der Waals surface area contributed by atoms with Gasteiger partial charge in [-0.25, -0.2) is 8.42 Å². The first-order chi connectivity index (χ1) is 7.27. The number of phenolic OH excluding ortho intramolecular Hbond substituents is 1. The Morgan fingerprint density at radius 1 is 1.25 bits per heavy atom. The van der Waals surface area contributed by atoms with E-state index in [0.29, 0.717) is 6.54 Å². The monoisotopic (exact) mass is 243 g/mol. The number of benzene rings is 1. The summed E-state index contributed by atoms with van der Waals surface area (Å²) in [7, 11) is -3.34. The van der Waals surface area contributed by atoms with Crippen LogP contribution >= 0.6 is 0 Å². The Balaban J connectivity index is 2.99. The fourth-order valence-corrected chi connectivity index (χ4v) is 3.17. The number of hydrogen-bond acceptors (Lipinski definition) is 4. The number of aromatic hydroxyl groups is 1. The number of sulfone groups is 1. The van der Waals surface area contributed by atoms with Crippen LogP contribution in [0.1, 0.15) is 13.8 Å². The zero-order valence-corrected chi connectivity index (χ0v) is 10.3. The normalized spacial score (nSPS) is 12.7. The highest BCUT2D eigenvalue weighted by Crippen LogP contribution is 2.22. The van der Waals surface area contributed by atoms with Gasteiger partial charge in [-0.2, -0.15) is 0 Å². The van der Waals surface area contributed by atoms with Gasteiger partial charge in [-0.3, -0.25) is 0 Å². The average molecular weight is 243 g/mol. The van der Waals surface area contributed by atoms with Gasteiger partial charge in [0.1, 0.15) is 5.75 Å². The van der Waals surface area contributed by atoms with Crippen molar-refractivity contribution in [2.24, 2.45) is 11.1 Å². The molecule has 0 fully saturated rings. The molecule has 5 heteroatoms. The van der Waals surface area contributed by atoms with Crippen LogP contribution in [-0.4, -0.2) is 25.8 Å². The Kier molecular flexibility index (Phi) is 3.60. The van der Waals surface area contributed by atoms with E-state index in [9.17, 15) is 8.42 Å². The minimum atomic E-state index is -3.34. The molecule has 0 saturated heterocycles. The van der Waals surface area contributed by atoms with E-state index < -0.39 is 15.3 Å². The van der Waals surface area contributed by atoms with E-state index in [2.05, 4.69) is 0 Å². The van der Waals surface area contributed by atoms with E-state index >= 15 is 0 Å². The van der Waals surface area contributed by atoms with Crippen molar-refractivity contribution in [3.8, 4) is 5.75 Å². The third-order valence-electron chi connectivity index (χ3n) is 2.33. The average Bonchev–Trinajstić information content (AvgIpc) is 2.17. The Bertz CT molecular complexity index is 449. The molecule has 0 heterocycles. The zero-order valence-electron chi connectivity index (χ0n) is 9.47. The fourth-order valence-electron chi connectivity index (χ4n) is 1.31. The Morgan fingerprint density at radius 3 is 2.19 bits per heavy atom. The lowest BCUT2D eigenvalue weighted by Crippen LogP contribution is -2.31. The molecule has 90 valence electrons. The zero-order chi connectivity index (χ0) is 12.4. The molecule has 0 atom stereocenters. The van der Waals surface area contributed by atoms with Gasteiger partial charge >= 0.3 is 0 Å². The molecule has 0 radical (unpaired) electrons. The van der Waals surface area contributed by atoms with E-state index in [0.717, 1.165) is 0 Å². The molecule has 0 aromatic heterocycles. The van der Waals surface area contributed by atoms with Gasteiger partial charge in [0.05, 0.1) is 10.6 Å². The number of rotatable bonds is 4. The van der Waals surface area contributed by atoms with E-state index in [1.165, 1.54) is 24.3 Å². The predicted octanol–water partition coefficient (Wildman–Crippen LogP) is 1.15. The van der Waals surface area contributed by atoms with Crippen LogP contribution in [0.15, 0.2) is 29.2 Å². The van der Waals surface area contributed by atoms with Gasteiger partial charge in [-0.05, 0) is 36.2 Å². The summed E-state index contributed by atoms with van der Waals surface area (Å²) >= 11 is 0. The molecule has 0 bridgehead atoms. The van der Waals surface area contributed by atoms with Gasteiger partial charge in [-0.1, -0.05) is 13.8 Å². The van der Waals surface area contributed by atoms with Crippen molar-refractivity contribution in [3.05, 3.63) is 24.3 Å². The van der Waals surface area contributed by atoms with Crippen molar-refractivity contribution in [2.45, 2.75) is 18.7 Å². The molecular formula is C11H17NO3S. The first-order valence-electron chi connectivity index (χ1n) is 4.99. The fraction of sp³-hybridized carbons (Fsp3) is 0.455. The molecule has 0 unspecified atom stereocenters. The minimum Gasteiger partial charge on any atom is -0.508 e. The number of phenols is 1. The summed E-state index contributed by atoms with van der Waals surface area (Å²) in [6.45, 7) is 3.93. The molecule has 4 nitrogen and oxygen atoms in total. The topological polar surface area (TPSA) is 80.4 Å². The van der Waals surface area contributed by atoms with E-state index in [1.54, 1.807) is 0 Å². The van der Waals surface area contributed by atoms with Crippen molar-refractivity contribution < 1.29 is 13.5 Å². The summed E-state index contributed by atoms with van der Waals surface area (Å²) in [5, 5.41) is 9.09. The Labute approximate surface area is 96.0 Å². The summed E-state index contributed by atoms with van der Waals surface area (Å²) < 4.78 is 24.0. The molecular weight excluding hydrogens is 226 g/mol. The molecule has 0 amide bonds. The van der Waals surface area contributed by atoms with Gasteiger partial charge in [0.15, 0.2) is 9.84 Å². The van der Waals surface area contributed by atoms with Crippen LogP contribution in [0.3, 0.4) is 0 Å². The van der Waals surface area contributed by atoms with Crippen molar-refractivity contribution >= 4 is 9.84 Å². The van der Waals surface area contributed by atoms with Crippen LogP contribution in [0.5, 0.6) is 5.75 Å². The molecule has 1 rings (SSSR count). The molecule has 1 aromatic carbocycles. The number of hydrogen-bond donors (Lipinski definition) is 2. The Hall–Kier alpha value is -1.07. The van der Waals surface area contributed by atoms with Crippen LogP contribution in [-0.2, 0) is 9.84 Å². The second kappa shape index (κ2) is 4.43. The second-order valence-electron chi connectivity index (χ2n) is 4.62. The maximum atomic E-state index is 12.0. The van der Waals surface area contributed by atoms with Gasteiger partial charge in [-0.15, -0.1) is 0 Å². The second-order valence-corrected chi connectivity index (χ2v) is 6.61. The highest BCUT2D eigenvalue weighted by atomic mass is 32.2. The molecule has 0 aliphatic rings. The molecule has 16 heavy (non-hydrogen) atoms. The van der Waals surface area contributed by atoms with Crippen LogP contribution in [0, 0.1) is 5.41 Å². The largest absolute Gasteiger partial charge is 0.508 e. The Morgan fingerprint density at radius 2 is 1.75 bits per heavy atom. The molecule has 0 saturated carbocycles. The minimum absolute atomic E-state index is 0.00127. The highest BCUT2D eigenvalue weighted by molar-refractivity contribution is 7.91. The summed E-state index contributed by atoms with van der Waals surface area (Å²) in [4.78, 5) is 0.215. The van der Waals surface area contributed by atoms with E-state index in [4.69, 9.17) is 10.8 Å². The van der Waals surface area contributed by atoms with Crippen molar-refractivity contribution in [1.29, 1.82) is 0 Å². The van der Waals surface area contributed by atoms with Gasteiger partial charge in [0.25, 0.3) is 0 Å². The molecule has 0 aliphatic heterocycles. The summed E-state index contributed by atoms with van der Waals surface area (Å²) in [6.07, 6.45) is 0. The van der Waals surface area contributed by atoms with E-state index in [-0.39, 0.29) is 16.4 Å².